The van der Waals surface area contributed by atoms with Gasteiger partial charge in [0.15, 0.2) is 6.10 Å². The first kappa shape index (κ1) is 63.3. The summed E-state index contributed by atoms with van der Waals surface area (Å²) < 4.78 is 17.3. The van der Waals surface area contributed by atoms with E-state index < -0.39 is 18.1 Å². The number of likely N-dealkylation sites (N-methyl/N-ethyl adjacent to an activating group) is 1. The summed E-state index contributed by atoms with van der Waals surface area (Å²) in [5.41, 5.74) is 0. The molecule has 8 heteroatoms. The topological polar surface area (TPSA) is 102 Å². The van der Waals surface area contributed by atoms with Crippen molar-refractivity contribution < 1.29 is 38.2 Å². The van der Waals surface area contributed by atoms with Crippen molar-refractivity contribution in [2.45, 2.75) is 264 Å². The number of ether oxygens (including phenoxy) is 3. The number of carboxylic acids is 1. The van der Waals surface area contributed by atoms with Crippen molar-refractivity contribution in [1.29, 1.82) is 0 Å². The minimum absolute atomic E-state index is 0.0379. The van der Waals surface area contributed by atoms with Gasteiger partial charge in [0.2, 0.25) is 0 Å². The molecule has 0 aliphatic carbocycles. The summed E-state index contributed by atoms with van der Waals surface area (Å²) in [6.45, 7) is 4.58. The summed E-state index contributed by atoms with van der Waals surface area (Å²) in [7, 11) is 5.42. The van der Waals surface area contributed by atoms with E-state index in [1.165, 1.54) is 141 Å². The van der Waals surface area contributed by atoms with Crippen LogP contribution in [0.2, 0.25) is 0 Å². The second-order valence-electron chi connectivity index (χ2n) is 19.8. The first-order chi connectivity index (χ1) is 32.1. The molecule has 2 unspecified atom stereocenters. The third kappa shape index (κ3) is 46.4. The largest absolute Gasteiger partial charge is 0.544 e. The molecule has 0 spiro atoms. The third-order valence-electron chi connectivity index (χ3n) is 12.5. The molecule has 66 heavy (non-hydrogen) atoms. The number of unbranched alkanes of at least 4 members (excludes halogenated alkanes) is 28. The Hall–Kier alpha value is -2.71. The van der Waals surface area contributed by atoms with E-state index in [2.05, 4.69) is 62.5 Å². The van der Waals surface area contributed by atoms with E-state index in [0.29, 0.717) is 12.8 Å². The van der Waals surface area contributed by atoms with Crippen molar-refractivity contribution in [3.8, 4) is 0 Å². The zero-order chi connectivity index (χ0) is 48.4. The number of esters is 2. The maximum absolute atomic E-state index is 12.8. The number of hydrogen-bond donors (Lipinski definition) is 0. The van der Waals surface area contributed by atoms with Gasteiger partial charge in [0, 0.05) is 19.3 Å². The standard InChI is InChI=1S/C58H105NO7/c1-6-8-10-12-14-16-18-20-22-24-26-28-29-31-32-34-36-38-40-42-44-46-48-56(60)65-53-54(52-64-51-50-55(58(62)63)59(3,4)5)66-57(61)49-47-45-43-41-39-37-35-33-30-27-25-23-21-19-17-15-13-11-9-7-2/h9,11,15,17,21,23,27,30,54-55H,6-8,10,12-14,16,18-20,22,24-26,28-29,31-53H2,1-5H3/b11-9+,17-15+,23-21+,30-27+. The molecule has 8 nitrogen and oxygen atoms in total. The highest BCUT2D eigenvalue weighted by Crippen LogP contribution is 2.17. The summed E-state index contributed by atoms with van der Waals surface area (Å²) in [6, 6.07) is -0.729. The number of carboxylic acid groups (broad SMARTS) is 1. The quantitative estimate of drug-likeness (QED) is 0.0259. The lowest BCUT2D eigenvalue weighted by Gasteiger charge is -2.34. The van der Waals surface area contributed by atoms with Crippen LogP contribution in [-0.2, 0) is 28.6 Å². The number of aliphatic carboxylic acids is 1. The summed E-state index contributed by atoms with van der Waals surface area (Å²) in [5.74, 6) is -1.74. The smallest absolute Gasteiger partial charge is 0.306 e. The molecular formula is C58H105NO7. The summed E-state index contributed by atoms with van der Waals surface area (Å²) in [6.07, 6.45) is 60.1. The lowest BCUT2D eigenvalue weighted by atomic mass is 10.0. The Kier molecular flexibility index (Phi) is 46.7. The zero-order valence-electron chi connectivity index (χ0n) is 43.9. The van der Waals surface area contributed by atoms with E-state index in [-0.39, 0.29) is 42.7 Å². The summed E-state index contributed by atoms with van der Waals surface area (Å²) >= 11 is 0. The van der Waals surface area contributed by atoms with Gasteiger partial charge in [-0.25, -0.2) is 0 Å². The van der Waals surface area contributed by atoms with Crippen molar-refractivity contribution in [2.75, 3.05) is 41.0 Å². The number of rotatable bonds is 50. The number of nitrogens with zero attached hydrogens (tertiary/aromatic N) is 1. The molecule has 0 aliphatic heterocycles. The van der Waals surface area contributed by atoms with E-state index >= 15 is 0 Å². The maximum atomic E-state index is 12.8. The average molecular weight is 928 g/mol. The van der Waals surface area contributed by atoms with E-state index in [1.54, 1.807) is 21.1 Å². The molecule has 0 N–H and O–H groups in total. The van der Waals surface area contributed by atoms with Crippen molar-refractivity contribution in [3.63, 3.8) is 0 Å². The molecule has 0 aliphatic rings. The molecule has 0 bridgehead atoms. The molecule has 0 heterocycles. The number of quaternary nitrogens is 1. The van der Waals surface area contributed by atoms with Crippen LogP contribution in [0.4, 0.5) is 0 Å². The van der Waals surface area contributed by atoms with E-state index in [9.17, 15) is 19.5 Å². The van der Waals surface area contributed by atoms with Gasteiger partial charge < -0.3 is 28.6 Å². The lowest BCUT2D eigenvalue weighted by Crippen LogP contribution is -2.55. The fraction of sp³-hybridized carbons (Fsp3) is 0.810. The van der Waals surface area contributed by atoms with Gasteiger partial charge in [0.05, 0.1) is 40.3 Å². The monoisotopic (exact) mass is 928 g/mol. The van der Waals surface area contributed by atoms with Gasteiger partial charge >= 0.3 is 11.9 Å². The highest BCUT2D eigenvalue weighted by Gasteiger charge is 2.25. The van der Waals surface area contributed by atoms with Crippen LogP contribution in [-0.4, -0.2) is 75.5 Å². The van der Waals surface area contributed by atoms with E-state index in [4.69, 9.17) is 14.2 Å². The Bertz CT molecular complexity index is 1220. The second kappa shape index (κ2) is 48.7. The first-order valence-electron chi connectivity index (χ1n) is 27.7. The molecule has 0 rings (SSSR count). The van der Waals surface area contributed by atoms with Crippen LogP contribution in [0.5, 0.6) is 0 Å². The molecule has 0 radical (unpaired) electrons. The molecule has 384 valence electrons. The first-order valence-corrected chi connectivity index (χ1v) is 27.7. The van der Waals surface area contributed by atoms with Crippen LogP contribution >= 0.6 is 0 Å². The highest BCUT2D eigenvalue weighted by molar-refractivity contribution is 5.70. The molecule has 0 amide bonds. The molecule has 2 atom stereocenters. The van der Waals surface area contributed by atoms with Crippen LogP contribution in [0, 0.1) is 0 Å². The Morgan fingerprint density at radius 2 is 0.848 bits per heavy atom. The molecular weight excluding hydrogens is 823 g/mol. The van der Waals surface area contributed by atoms with Gasteiger partial charge in [0.1, 0.15) is 12.6 Å². The Labute approximate surface area is 407 Å². The maximum Gasteiger partial charge on any atom is 0.306 e. The highest BCUT2D eigenvalue weighted by atomic mass is 16.6. The van der Waals surface area contributed by atoms with Gasteiger partial charge in [-0.2, -0.15) is 0 Å². The minimum atomic E-state index is -1.12. The van der Waals surface area contributed by atoms with Crippen molar-refractivity contribution >= 4 is 17.9 Å². The summed E-state index contributed by atoms with van der Waals surface area (Å²) in [4.78, 5) is 37.1. The van der Waals surface area contributed by atoms with Crippen molar-refractivity contribution in [2.24, 2.45) is 0 Å². The third-order valence-corrected chi connectivity index (χ3v) is 12.5. The average Bonchev–Trinajstić information content (AvgIpc) is 3.28. The lowest BCUT2D eigenvalue weighted by molar-refractivity contribution is -0.889. The molecule has 0 aromatic carbocycles. The fourth-order valence-electron chi connectivity index (χ4n) is 8.24. The van der Waals surface area contributed by atoms with Crippen molar-refractivity contribution in [3.05, 3.63) is 48.6 Å². The molecule has 0 fully saturated rings. The van der Waals surface area contributed by atoms with Gasteiger partial charge in [-0.15, -0.1) is 0 Å². The Morgan fingerprint density at radius 1 is 0.470 bits per heavy atom. The second-order valence-corrected chi connectivity index (χ2v) is 19.8. The predicted octanol–water partition coefficient (Wildman–Crippen LogP) is 15.0. The van der Waals surface area contributed by atoms with Crippen LogP contribution in [0.1, 0.15) is 251 Å². The van der Waals surface area contributed by atoms with Crippen LogP contribution in [0.25, 0.3) is 0 Å². The molecule has 0 aromatic rings. The molecule has 0 saturated heterocycles. The van der Waals surface area contributed by atoms with E-state index in [0.717, 1.165) is 77.0 Å². The van der Waals surface area contributed by atoms with Crippen LogP contribution in [0.3, 0.4) is 0 Å². The fourth-order valence-corrected chi connectivity index (χ4v) is 8.24. The van der Waals surface area contributed by atoms with Gasteiger partial charge in [-0.3, -0.25) is 9.59 Å². The predicted molar refractivity (Wildman–Crippen MR) is 277 cm³/mol. The summed E-state index contributed by atoms with van der Waals surface area (Å²) in [5, 5.41) is 11.7. The SMILES string of the molecule is CC/C=C/C/C=C/C/C=C/C/C=C/CCCCCCCCCC(=O)OC(COCCC(C(=O)[O-])[N+](C)(C)C)COC(=O)CCCCCCCCCCCCCCCCCCCCCCCC. The van der Waals surface area contributed by atoms with Crippen molar-refractivity contribution in [1.82, 2.24) is 0 Å². The van der Waals surface area contributed by atoms with Gasteiger partial charge in [-0.1, -0.05) is 229 Å². The van der Waals surface area contributed by atoms with Gasteiger partial charge in [0.25, 0.3) is 0 Å². The normalized spacial score (nSPS) is 13.2. The van der Waals surface area contributed by atoms with E-state index in [1.807, 2.05) is 0 Å². The molecule has 0 aromatic heterocycles. The minimum Gasteiger partial charge on any atom is -0.544 e. The van der Waals surface area contributed by atoms with Gasteiger partial charge in [-0.05, 0) is 51.4 Å². The Balaban J connectivity index is 4.19. The number of carbonyl (C=O) groups excluding carboxylic acids is 3. The molecule has 0 saturated carbocycles. The number of hydrogen-bond acceptors (Lipinski definition) is 7. The Morgan fingerprint density at radius 3 is 1.26 bits per heavy atom. The van der Waals surface area contributed by atoms with Crippen LogP contribution < -0.4 is 5.11 Å². The number of allylic oxidation sites excluding steroid dienone is 8. The van der Waals surface area contributed by atoms with Crippen LogP contribution in [0.15, 0.2) is 48.6 Å². The number of carbonyl (C=O) groups is 3. The zero-order valence-corrected chi connectivity index (χ0v) is 43.9.